The van der Waals surface area contributed by atoms with Gasteiger partial charge in [-0.15, -0.1) is 0 Å². The van der Waals surface area contributed by atoms with Gasteiger partial charge in [0.05, 0.1) is 16.9 Å². The Kier molecular flexibility index (Phi) is 2.44. The van der Waals surface area contributed by atoms with Gasteiger partial charge in [-0.2, -0.15) is 5.10 Å². The Morgan fingerprint density at radius 1 is 1.56 bits per heavy atom. The van der Waals surface area contributed by atoms with Crippen molar-refractivity contribution in [3.63, 3.8) is 0 Å². The summed E-state index contributed by atoms with van der Waals surface area (Å²) in [5.41, 5.74) is 8.62. The molecule has 2 heterocycles. The van der Waals surface area contributed by atoms with Crippen molar-refractivity contribution in [3.8, 4) is 0 Å². The third-order valence-corrected chi connectivity index (χ3v) is 2.49. The molecule has 4 N–H and O–H groups in total. The van der Waals surface area contributed by atoms with Gasteiger partial charge in [0.25, 0.3) is 0 Å². The lowest BCUT2D eigenvalue weighted by atomic mass is 10.1. The number of allylic oxidation sites excluding steroid dienone is 2. The molecule has 0 aliphatic carbocycles. The first kappa shape index (κ1) is 10.4. The highest BCUT2D eigenvalue weighted by atomic mass is 15.1. The largest absolute Gasteiger partial charge is 0.397 e. The van der Waals surface area contributed by atoms with Crippen LogP contribution in [0, 0.1) is 12.3 Å². The minimum Gasteiger partial charge on any atom is -0.397 e. The van der Waals surface area contributed by atoms with Gasteiger partial charge in [-0.3, -0.25) is 15.5 Å². The second-order valence-electron chi connectivity index (χ2n) is 3.55. The Labute approximate surface area is 92.9 Å². The van der Waals surface area contributed by atoms with Gasteiger partial charge in [0.1, 0.15) is 5.71 Å². The standard InChI is InChI=1S/C11H13N5/c1-3-8(12)11(13)10-4-9-7(5-14-10)6(2)15-16-9/h3-5,13H,12H2,1-2H3,(H,15,16)/b8-3+,13-11?. The molecule has 0 aromatic carbocycles. The van der Waals surface area contributed by atoms with Gasteiger partial charge in [0.15, 0.2) is 0 Å². The monoisotopic (exact) mass is 215 g/mol. The summed E-state index contributed by atoms with van der Waals surface area (Å²) in [5, 5.41) is 15.8. The Morgan fingerprint density at radius 3 is 3.00 bits per heavy atom. The topological polar surface area (TPSA) is 91.4 Å². The van der Waals surface area contributed by atoms with E-state index in [1.807, 2.05) is 6.92 Å². The molecule has 0 fully saturated rings. The van der Waals surface area contributed by atoms with Crippen molar-refractivity contribution in [3.05, 3.63) is 35.4 Å². The average molecular weight is 215 g/mol. The highest BCUT2D eigenvalue weighted by Crippen LogP contribution is 2.15. The Balaban J connectivity index is 2.51. The maximum absolute atomic E-state index is 7.82. The fourth-order valence-corrected chi connectivity index (χ4v) is 1.46. The molecule has 16 heavy (non-hydrogen) atoms. The van der Waals surface area contributed by atoms with Crippen LogP contribution in [0.15, 0.2) is 24.0 Å². The lowest BCUT2D eigenvalue weighted by Gasteiger charge is -2.02. The van der Waals surface area contributed by atoms with Crippen molar-refractivity contribution in [2.45, 2.75) is 13.8 Å². The van der Waals surface area contributed by atoms with E-state index in [-0.39, 0.29) is 5.71 Å². The van der Waals surface area contributed by atoms with Gasteiger partial charge in [-0.05, 0) is 19.9 Å². The lowest BCUT2D eigenvalue weighted by Crippen LogP contribution is -2.12. The van der Waals surface area contributed by atoms with Crippen LogP contribution in [0.1, 0.15) is 18.3 Å². The summed E-state index contributed by atoms with van der Waals surface area (Å²) < 4.78 is 0. The summed E-state index contributed by atoms with van der Waals surface area (Å²) >= 11 is 0. The predicted octanol–water partition coefficient (Wildman–Crippen LogP) is 1.50. The maximum atomic E-state index is 7.82. The van der Waals surface area contributed by atoms with Crippen LogP contribution in [-0.4, -0.2) is 20.9 Å². The van der Waals surface area contributed by atoms with Crippen molar-refractivity contribution in [1.29, 1.82) is 5.41 Å². The first-order valence-corrected chi connectivity index (χ1v) is 4.95. The second kappa shape index (κ2) is 3.77. The molecule has 0 saturated heterocycles. The molecule has 2 rings (SSSR count). The lowest BCUT2D eigenvalue weighted by molar-refractivity contribution is 1.07. The quantitative estimate of drug-likeness (QED) is 0.663. The third-order valence-electron chi connectivity index (χ3n) is 2.49. The zero-order valence-corrected chi connectivity index (χ0v) is 9.20. The summed E-state index contributed by atoms with van der Waals surface area (Å²) in [6.45, 7) is 3.73. The molecule has 0 atom stereocenters. The predicted molar refractivity (Wildman–Crippen MR) is 63.4 cm³/mol. The fourth-order valence-electron chi connectivity index (χ4n) is 1.46. The van der Waals surface area contributed by atoms with Crippen molar-refractivity contribution >= 4 is 16.6 Å². The summed E-state index contributed by atoms with van der Waals surface area (Å²) in [6, 6.07) is 1.76. The van der Waals surface area contributed by atoms with E-state index in [9.17, 15) is 0 Å². The normalized spacial score (nSPS) is 12.0. The molecule has 0 saturated carbocycles. The molecule has 5 heteroatoms. The number of pyridine rings is 1. The van der Waals surface area contributed by atoms with Gasteiger partial charge in [-0.25, -0.2) is 0 Å². The fraction of sp³-hybridized carbons (Fsp3) is 0.182. The minimum absolute atomic E-state index is 0.227. The molecule has 0 radical (unpaired) electrons. The first-order chi connectivity index (χ1) is 7.63. The van der Waals surface area contributed by atoms with Crippen LogP contribution in [0.4, 0.5) is 0 Å². The number of aryl methyl sites for hydroxylation is 1. The van der Waals surface area contributed by atoms with Crippen LogP contribution >= 0.6 is 0 Å². The number of rotatable bonds is 2. The molecule has 0 aliphatic rings. The molecule has 2 aromatic heterocycles. The Bertz CT molecular complexity index is 579. The van der Waals surface area contributed by atoms with Gasteiger partial charge < -0.3 is 5.73 Å². The molecular formula is C11H13N5. The average Bonchev–Trinajstić information content (AvgIpc) is 2.68. The molecule has 0 aliphatic heterocycles. The van der Waals surface area contributed by atoms with Crippen LogP contribution < -0.4 is 5.73 Å². The zero-order chi connectivity index (χ0) is 11.7. The molecule has 2 aromatic rings. The van der Waals surface area contributed by atoms with E-state index >= 15 is 0 Å². The highest BCUT2D eigenvalue weighted by Gasteiger charge is 2.08. The molecular weight excluding hydrogens is 202 g/mol. The second-order valence-corrected chi connectivity index (χ2v) is 3.55. The number of nitrogens with one attached hydrogen (secondary N) is 2. The number of aromatic nitrogens is 3. The van der Waals surface area contributed by atoms with E-state index in [0.717, 1.165) is 16.6 Å². The van der Waals surface area contributed by atoms with Gasteiger partial charge in [0.2, 0.25) is 0 Å². The van der Waals surface area contributed by atoms with E-state index in [0.29, 0.717) is 11.4 Å². The van der Waals surface area contributed by atoms with Crippen molar-refractivity contribution in [1.82, 2.24) is 15.2 Å². The molecule has 0 unspecified atom stereocenters. The summed E-state index contributed by atoms with van der Waals surface area (Å²) in [4.78, 5) is 4.20. The molecule has 0 spiro atoms. The van der Waals surface area contributed by atoms with Crippen molar-refractivity contribution < 1.29 is 0 Å². The maximum Gasteiger partial charge on any atom is 0.102 e. The number of hydrogen-bond donors (Lipinski definition) is 3. The smallest absolute Gasteiger partial charge is 0.102 e. The number of fused-ring (bicyclic) bond motifs is 1. The van der Waals surface area contributed by atoms with E-state index in [4.69, 9.17) is 11.1 Å². The molecule has 82 valence electrons. The van der Waals surface area contributed by atoms with E-state index in [2.05, 4.69) is 15.2 Å². The molecule has 0 amide bonds. The van der Waals surface area contributed by atoms with Gasteiger partial charge in [0, 0.05) is 17.3 Å². The highest BCUT2D eigenvalue weighted by molar-refractivity contribution is 6.09. The number of nitrogens with zero attached hydrogens (tertiary/aromatic N) is 2. The van der Waals surface area contributed by atoms with Gasteiger partial charge in [-0.1, -0.05) is 6.08 Å². The number of aromatic amines is 1. The zero-order valence-electron chi connectivity index (χ0n) is 9.20. The van der Waals surface area contributed by atoms with E-state index in [1.54, 1.807) is 25.3 Å². The van der Waals surface area contributed by atoms with E-state index in [1.165, 1.54) is 0 Å². The number of H-pyrrole nitrogens is 1. The van der Waals surface area contributed by atoms with Crippen LogP contribution in [0.5, 0.6) is 0 Å². The number of hydrogen-bond acceptors (Lipinski definition) is 4. The Hall–Kier alpha value is -2.17. The Morgan fingerprint density at radius 2 is 2.31 bits per heavy atom. The first-order valence-electron chi connectivity index (χ1n) is 4.95. The SMILES string of the molecule is C/C=C(/N)C(=N)c1cc2n[nH]c(C)c2cn1. The summed E-state index contributed by atoms with van der Waals surface area (Å²) in [7, 11) is 0. The minimum atomic E-state index is 0.227. The summed E-state index contributed by atoms with van der Waals surface area (Å²) in [6.07, 6.45) is 3.39. The van der Waals surface area contributed by atoms with Gasteiger partial charge >= 0.3 is 0 Å². The van der Waals surface area contributed by atoms with Crippen LogP contribution in [-0.2, 0) is 0 Å². The third kappa shape index (κ3) is 1.56. The summed E-state index contributed by atoms with van der Waals surface area (Å²) in [5.74, 6) is 0. The van der Waals surface area contributed by atoms with Crippen LogP contribution in [0.25, 0.3) is 10.9 Å². The van der Waals surface area contributed by atoms with Crippen LogP contribution in [0.2, 0.25) is 0 Å². The van der Waals surface area contributed by atoms with Crippen molar-refractivity contribution in [2.24, 2.45) is 5.73 Å². The number of nitrogens with two attached hydrogens (primary N) is 1. The molecule has 5 nitrogen and oxygen atoms in total. The van der Waals surface area contributed by atoms with Crippen LogP contribution in [0.3, 0.4) is 0 Å². The van der Waals surface area contributed by atoms with Crippen molar-refractivity contribution in [2.75, 3.05) is 0 Å². The van der Waals surface area contributed by atoms with E-state index < -0.39 is 0 Å². The molecule has 0 bridgehead atoms.